The molecular formula is C23H45NO4. The minimum absolute atomic E-state index is 0.0548. The Balaban J connectivity index is 3.26. The van der Waals surface area contributed by atoms with Crippen molar-refractivity contribution in [3.05, 3.63) is 0 Å². The molecule has 0 aliphatic heterocycles. The molecule has 0 aromatic heterocycles. The average molecular weight is 400 g/mol. The summed E-state index contributed by atoms with van der Waals surface area (Å²) in [7, 11) is 2.22. The first-order valence-electron chi connectivity index (χ1n) is 11.6. The van der Waals surface area contributed by atoms with Crippen LogP contribution in [-0.2, 0) is 19.1 Å². The van der Waals surface area contributed by atoms with E-state index < -0.39 is 0 Å². The van der Waals surface area contributed by atoms with Crippen LogP contribution in [0.5, 0.6) is 0 Å². The molecular weight excluding hydrogens is 354 g/mol. The van der Waals surface area contributed by atoms with Crippen LogP contribution < -0.4 is 0 Å². The maximum absolute atomic E-state index is 11.2. The van der Waals surface area contributed by atoms with Gasteiger partial charge in [-0.3, -0.25) is 9.59 Å². The normalized spacial score (nSPS) is 11.0. The van der Waals surface area contributed by atoms with E-state index in [-0.39, 0.29) is 11.9 Å². The summed E-state index contributed by atoms with van der Waals surface area (Å²) in [6.07, 6.45) is 15.4. The smallest absolute Gasteiger partial charge is 0.305 e. The molecule has 0 unspecified atom stereocenters. The molecule has 0 fully saturated rings. The van der Waals surface area contributed by atoms with Gasteiger partial charge in [0.05, 0.1) is 13.2 Å². The van der Waals surface area contributed by atoms with Gasteiger partial charge >= 0.3 is 11.9 Å². The Hall–Kier alpha value is -1.10. The molecule has 0 aliphatic rings. The minimum atomic E-state index is -0.0548. The summed E-state index contributed by atoms with van der Waals surface area (Å²) in [6, 6.07) is 0. The Kier molecular flexibility index (Phi) is 19.8. The topological polar surface area (TPSA) is 55.8 Å². The molecule has 166 valence electrons. The third-order valence-corrected chi connectivity index (χ3v) is 4.95. The van der Waals surface area contributed by atoms with E-state index >= 15 is 0 Å². The monoisotopic (exact) mass is 399 g/mol. The predicted octanol–water partition coefficient (Wildman–Crippen LogP) is 5.51. The number of hydrogen-bond donors (Lipinski definition) is 0. The highest BCUT2D eigenvalue weighted by atomic mass is 16.5. The van der Waals surface area contributed by atoms with E-state index in [1.807, 2.05) is 13.8 Å². The van der Waals surface area contributed by atoms with E-state index in [1.54, 1.807) is 0 Å². The summed E-state index contributed by atoms with van der Waals surface area (Å²) in [5.41, 5.74) is 0. The first kappa shape index (κ1) is 26.9. The Morgan fingerprint density at radius 3 is 1.25 bits per heavy atom. The second kappa shape index (κ2) is 20.6. The highest BCUT2D eigenvalue weighted by Crippen LogP contribution is 2.10. The highest BCUT2D eigenvalue weighted by molar-refractivity contribution is 5.69. The first-order valence-corrected chi connectivity index (χ1v) is 11.6. The summed E-state index contributed by atoms with van der Waals surface area (Å²) < 4.78 is 9.87. The zero-order valence-corrected chi connectivity index (χ0v) is 18.8. The maximum Gasteiger partial charge on any atom is 0.305 e. The van der Waals surface area contributed by atoms with Gasteiger partial charge in [-0.15, -0.1) is 0 Å². The molecule has 28 heavy (non-hydrogen) atoms. The lowest BCUT2D eigenvalue weighted by molar-refractivity contribution is -0.144. The molecule has 0 heterocycles. The zero-order chi connectivity index (χ0) is 20.9. The van der Waals surface area contributed by atoms with E-state index in [4.69, 9.17) is 9.47 Å². The lowest BCUT2D eigenvalue weighted by Crippen LogP contribution is -2.20. The van der Waals surface area contributed by atoms with Crippen molar-refractivity contribution in [1.29, 1.82) is 0 Å². The SMILES string of the molecule is CCOC(=O)CCCCCCCCN(C)CCCCCCCCC(=O)OCC. The number of unbranched alkanes of at least 4 members (excludes halogenated alkanes) is 10. The fraction of sp³-hybridized carbons (Fsp3) is 0.913. The lowest BCUT2D eigenvalue weighted by atomic mass is 10.1. The van der Waals surface area contributed by atoms with Crippen molar-refractivity contribution in [3.8, 4) is 0 Å². The van der Waals surface area contributed by atoms with E-state index in [2.05, 4.69) is 11.9 Å². The van der Waals surface area contributed by atoms with Crippen molar-refractivity contribution in [2.75, 3.05) is 33.4 Å². The van der Waals surface area contributed by atoms with Crippen LogP contribution >= 0.6 is 0 Å². The van der Waals surface area contributed by atoms with Crippen LogP contribution in [-0.4, -0.2) is 50.2 Å². The zero-order valence-electron chi connectivity index (χ0n) is 18.8. The Labute approximate surface area is 173 Å². The Morgan fingerprint density at radius 2 is 0.893 bits per heavy atom. The summed E-state index contributed by atoms with van der Waals surface area (Å²) in [4.78, 5) is 24.9. The molecule has 0 saturated heterocycles. The number of carbonyl (C=O) groups is 2. The molecule has 5 nitrogen and oxygen atoms in total. The summed E-state index contributed by atoms with van der Waals surface area (Å²) in [6.45, 7) is 7.05. The molecule has 0 saturated carbocycles. The molecule has 0 N–H and O–H groups in total. The molecule has 0 amide bonds. The second-order valence-corrected chi connectivity index (χ2v) is 7.66. The van der Waals surface area contributed by atoms with Gasteiger partial charge in [-0.05, 0) is 59.7 Å². The minimum Gasteiger partial charge on any atom is -0.466 e. The van der Waals surface area contributed by atoms with Gasteiger partial charge in [0.25, 0.3) is 0 Å². The maximum atomic E-state index is 11.2. The van der Waals surface area contributed by atoms with Crippen molar-refractivity contribution in [2.45, 2.75) is 104 Å². The molecule has 0 bridgehead atoms. The molecule has 0 rings (SSSR count). The van der Waals surface area contributed by atoms with Crippen LogP contribution in [0.25, 0.3) is 0 Å². The largest absolute Gasteiger partial charge is 0.466 e. The van der Waals surface area contributed by atoms with Gasteiger partial charge in [-0.25, -0.2) is 0 Å². The van der Waals surface area contributed by atoms with E-state index in [9.17, 15) is 9.59 Å². The molecule has 0 aromatic rings. The summed E-state index contributed by atoms with van der Waals surface area (Å²) in [5.74, 6) is -0.110. The van der Waals surface area contributed by atoms with Crippen LogP contribution in [0.15, 0.2) is 0 Å². The molecule has 0 aliphatic carbocycles. The standard InChI is InChI=1S/C23H45NO4/c1-4-27-22(25)18-14-10-6-8-12-16-20-24(3)21-17-13-9-7-11-15-19-23(26)28-5-2/h4-21H2,1-3H3. The number of ether oxygens (including phenoxy) is 2. The van der Waals surface area contributed by atoms with E-state index in [0.29, 0.717) is 26.1 Å². The van der Waals surface area contributed by atoms with Crippen molar-refractivity contribution < 1.29 is 19.1 Å². The van der Waals surface area contributed by atoms with E-state index in [0.717, 1.165) is 25.7 Å². The van der Waals surface area contributed by atoms with Gasteiger partial charge in [-0.2, -0.15) is 0 Å². The number of hydrogen-bond acceptors (Lipinski definition) is 5. The Bertz CT molecular complexity index is 340. The highest BCUT2D eigenvalue weighted by Gasteiger charge is 2.02. The van der Waals surface area contributed by atoms with Crippen LogP contribution in [0.4, 0.5) is 0 Å². The number of carbonyl (C=O) groups excluding carboxylic acids is 2. The van der Waals surface area contributed by atoms with Crippen LogP contribution in [0, 0.1) is 0 Å². The van der Waals surface area contributed by atoms with Crippen LogP contribution in [0.2, 0.25) is 0 Å². The van der Waals surface area contributed by atoms with Gasteiger partial charge in [0.15, 0.2) is 0 Å². The number of esters is 2. The van der Waals surface area contributed by atoms with Gasteiger partial charge < -0.3 is 14.4 Å². The molecule has 0 radical (unpaired) electrons. The quantitative estimate of drug-likeness (QED) is 0.200. The second-order valence-electron chi connectivity index (χ2n) is 7.66. The summed E-state index contributed by atoms with van der Waals surface area (Å²) in [5, 5.41) is 0. The Morgan fingerprint density at radius 1 is 0.571 bits per heavy atom. The molecule has 0 aromatic carbocycles. The van der Waals surface area contributed by atoms with Crippen LogP contribution in [0.3, 0.4) is 0 Å². The van der Waals surface area contributed by atoms with Crippen molar-refractivity contribution in [2.24, 2.45) is 0 Å². The summed E-state index contributed by atoms with van der Waals surface area (Å²) >= 11 is 0. The van der Waals surface area contributed by atoms with Gasteiger partial charge in [0.1, 0.15) is 0 Å². The fourth-order valence-electron chi connectivity index (χ4n) is 3.29. The van der Waals surface area contributed by atoms with E-state index in [1.165, 1.54) is 64.5 Å². The van der Waals surface area contributed by atoms with Gasteiger partial charge in [0, 0.05) is 12.8 Å². The van der Waals surface area contributed by atoms with Crippen molar-refractivity contribution in [3.63, 3.8) is 0 Å². The fourth-order valence-corrected chi connectivity index (χ4v) is 3.29. The number of nitrogens with zero attached hydrogens (tertiary/aromatic N) is 1. The molecule has 0 spiro atoms. The van der Waals surface area contributed by atoms with Crippen LogP contribution in [0.1, 0.15) is 104 Å². The average Bonchev–Trinajstić information content (AvgIpc) is 2.66. The van der Waals surface area contributed by atoms with Crippen molar-refractivity contribution in [1.82, 2.24) is 4.90 Å². The van der Waals surface area contributed by atoms with Gasteiger partial charge in [-0.1, -0.05) is 51.4 Å². The van der Waals surface area contributed by atoms with Gasteiger partial charge in [0.2, 0.25) is 0 Å². The molecule has 0 atom stereocenters. The lowest BCUT2D eigenvalue weighted by Gasteiger charge is -2.16. The first-order chi connectivity index (χ1) is 13.6. The predicted molar refractivity (Wildman–Crippen MR) is 115 cm³/mol. The van der Waals surface area contributed by atoms with Crippen molar-refractivity contribution >= 4 is 11.9 Å². The third-order valence-electron chi connectivity index (χ3n) is 4.95. The third kappa shape index (κ3) is 19.7. The molecule has 5 heteroatoms. The number of rotatable bonds is 20.